The summed E-state index contributed by atoms with van der Waals surface area (Å²) in [6, 6.07) is 1.70. The molecule has 3 rings (SSSR count). The van der Waals surface area contributed by atoms with Crippen LogP contribution in [0.5, 0.6) is 0 Å². The molecule has 0 atom stereocenters. The zero-order valence-electron chi connectivity index (χ0n) is 9.77. The van der Waals surface area contributed by atoms with Crippen molar-refractivity contribution in [3.05, 3.63) is 16.3 Å². The van der Waals surface area contributed by atoms with E-state index in [0.717, 1.165) is 38.4 Å². The molecular formula is C11H12LiNO3S. The molecule has 2 aliphatic heterocycles. The fourth-order valence-electron chi connectivity index (χ4n) is 2.44. The number of aromatic carboxylic acids is 1. The Kier molecular flexibility index (Phi) is 3.55. The van der Waals surface area contributed by atoms with E-state index in [9.17, 15) is 9.90 Å². The van der Waals surface area contributed by atoms with Gasteiger partial charge in [-0.05, 0) is 12.5 Å². The van der Waals surface area contributed by atoms with Gasteiger partial charge in [0.2, 0.25) is 0 Å². The standard InChI is InChI=1S/C11H13NO3S.Li/c13-10(14)9-3-8(4-16-9)12-5-11(6-12)1-2-15-7-11;/h3-4H,1-2,5-7H2,(H,13,14);/q;+1/p-1. The van der Waals surface area contributed by atoms with Gasteiger partial charge in [0, 0.05) is 36.2 Å². The average molecular weight is 245 g/mol. The Balaban J connectivity index is 0.00000108. The van der Waals surface area contributed by atoms with Crippen molar-refractivity contribution < 1.29 is 33.5 Å². The van der Waals surface area contributed by atoms with Gasteiger partial charge in [0.15, 0.2) is 0 Å². The third-order valence-corrected chi connectivity index (χ3v) is 4.29. The Morgan fingerprint density at radius 1 is 1.53 bits per heavy atom. The third kappa shape index (κ3) is 2.25. The normalized spacial score (nSPS) is 21.1. The predicted octanol–water partition coefficient (Wildman–Crippen LogP) is -2.66. The maximum atomic E-state index is 10.7. The van der Waals surface area contributed by atoms with Crippen LogP contribution in [0, 0.1) is 5.41 Å². The summed E-state index contributed by atoms with van der Waals surface area (Å²) in [6.45, 7) is 3.68. The summed E-state index contributed by atoms with van der Waals surface area (Å²) in [6.07, 6.45) is 1.13. The molecule has 3 heterocycles. The number of ether oxygens (including phenoxy) is 1. The van der Waals surface area contributed by atoms with Gasteiger partial charge in [-0.15, -0.1) is 11.3 Å². The Morgan fingerprint density at radius 2 is 2.29 bits per heavy atom. The van der Waals surface area contributed by atoms with E-state index < -0.39 is 5.97 Å². The van der Waals surface area contributed by atoms with Crippen molar-refractivity contribution in [1.29, 1.82) is 0 Å². The second kappa shape index (κ2) is 4.66. The summed E-state index contributed by atoms with van der Waals surface area (Å²) >= 11 is 1.23. The van der Waals surface area contributed by atoms with Gasteiger partial charge < -0.3 is 19.5 Å². The number of hydrogen-bond donors (Lipinski definition) is 0. The van der Waals surface area contributed by atoms with Crippen LogP contribution < -0.4 is 28.9 Å². The summed E-state index contributed by atoms with van der Waals surface area (Å²) in [5.74, 6) is -1.09. The summed E-state index contributed by atoms with van der Waals surface area (Å²) in [7, 11) is 0. The van der Waals surface area contributed by atoms with Crippen LogP contribution in [0.15, 0.2) is 11.4 Å². The number of hydrogen-bond acceptors (Lipinski definition) is 5. The van der Waals surface area contributed by atoms with E-state index in [2.05, 4.69) is 4.90 Å². The van der Waals surface area contributed by atoms with Gasteiger partial charge in [0.25, 0.3) is 0 Å². The van der Waals surface area contributed by atoms with Crippen LogP contribution in [0.3, 0.4) is 0 Å². The second-order valence-corrected chi connectivity index (χ2v) is 5.53. The average Bonchev–Trinajstić information content (AvgIpc) is 2.84. The Morgan fingerprint density at radius 3 is 2.82 bits per heavy atom. The molecule has 1 aromatic rings. The molecule has 86 valence electrons. The van der Waals surface area contributed by atoms with Crippen LogP contribution in [0.25, 0.3) is 0 Å². The molecule has 2 fully saturated rings. The molecule has 17 heavy (non-hydrogen) atoms. The van der Waals surface area contributed by atoms with E-state index in [4.69, 9.17) is 4.74 Å². The second-order valence-electron chi connectivity index (χ2n) is 4.62. The van der Waals surface area contributed by atoms with Crippen LogP contribution in [0.2, 0.25) is 0 Å². The summed E-state index contributed by atoms with van der Waals surface area (Å²) < 4.78 is 5.40. The maximum Gasteiger partial charge on any atom is 1.00 e. The number of anilines is 1. The van der Waals surface area contributed by atoms with Gasteiger partial charge in [0.05, 0.1) is 17.5 Å². The van der Waals surface area contributed by atoms with Gasteiger partial charge in [-0.3, -0.25) is 0 Å². The van der Waals surface area contributed by atoms with Crippen molar-refractivity contribution in [3.8, 4) is 0 Å². The molecule has 6 heteroatoms. The van der Waals surface area contributed by atoms with Gasteiger partial charge in [-0.2, -0.15) is 0 Å². The summed E-state index contributed by atoms with van der Waals surface area (Å²) in [5, 5.41) is 12.5. The Hall–Kier alpha value is -0.473. The number of carbonyl (C=O) groups is 1. The first-order valence-corrected chi connectivity index (χ1v) is 6.19. The molecule has 2 aliphatic rings. The molecule has 0 saturated carbocycles. The van der Waals surface area contributed by atoms with Crippen molar-refractivity contribution in [2.24, 2.45) is 5.41 Å². The van der Waals surface area contributed by atoms with Gasteiger partial charge in [0.1, 0.15) is 0 Å². The quantitative estimate of drug-likeness (QED) is 0.534. The number of carboxylic acid groups (broad SMARTS) is 1. The first-order chi connectivity index (χ1) is 7.69. The Bertz CT molecular complexity index is 420. The zero-order valence-corrected chi connectivity index (χ0v) is 10.6. The number of nitrogens with zero attached hydrogens (tertiary/aromatic N) is 1. The fraction of sp³-hybridized carbons (Fsp3) is 0.545. The molecule has 0 radical (unpaired) electrons. The SMILES string of the molecule is O=C([O-])c1cc(N2CC3(CCOC3)C2)cs1.[Li+]. The molecule has 1 aromatic heterocycles. The molecule has 0 unspecified atom stereocenters. The minimum absolute atomic E-state index is 0. The van der Waals surface area contributed by atoms with Gasteiger partial charge in [-0.1, -0.05) is 0 Å². The molecule has 1 spiro atoms. The van der Waals surface area contributed by atoms with E-state index in [1.807, 2.05) is 5.38 Å². The molecule has 4 nitrogen and oxygen atoms in total. The first-order valence-electron chi connectivity index (χ1n) is 5.31. The molecule has 2 saturated heterocycles. The van der Waals surface area contributed by atoms with Crippen molar-refractivity contribution in [1.82, 2.24) is 0 Å². The molecule has 0 aliphatic carbocycles. The van der Waals surface area contributed by atoms with Crippen LogP contribution in [-0.2, 0) is 4.74 Å². The Labute approximate surface area is 116 Å². The molecule has 0 bridgehead atoms. The van der Waals surface area contributed by atoms with E-state index >= 15 is 0 Å². The molecule has 0 amide bonds. The molecular weight excluding hydrogens is 233 g/mol. The van der Waals surface area contributed by atoms with E-state index in [0.29, 0.717) is 10.3 Å². The monoisotopic (exact) mass is 245 g/mol. The number of carboxylic acids is 1. The third-order valence-electron chi connectivity index (χ3n) is 3.39. The van der Waals surface area contributed by atoms with Crippen molar-refractivity contribution in [2.45, 2.75) is 6.42 Å². The molecule has 0 aromatic carbocycles. The van der Waals surface area contributed by atoms with Gasteiger partial charge >= 0.3 is 18.9 Å². The van der Waals surface area contributed by atoms with Crippen molar-refractivity contribution in [3.63, 3.8) is 0 Å². The van der Waals surface area contributed by atoms with Gasteiger partial charge in [-0.25, -0.2) is 0 Å². The van der Waals surface area contributed by atoms with E-state index in [1.165, 1.54) is 11.3 Å². The maximum absolute atomic E-state index is 10.7. The topological polar surface area (TPSA) is 52.6 Å². The number of rotatable bonds is 2. The predicted molar refractivity (Wildman–Crippen MR) is 58.7 cm³/mol. The summed E-state index contributed by atoms with van der Waals surface area (Å²) in [5.41, 5.74) is 1.34. The number of carbonyl (C=O) groups excluding carboxylic acids is 1. The fourth-order valence-corrected chi connectivity index (χ4v) is 3.19. The van der Waals surface area contributed by atoms with Crippen LogP contribution in [0.4, 0.5) is 5.69 Å². The minimum atomic E-state index is -1.09. The minimum Gasteiger partial charge on any atom is -0.544 e. The smallest absolute Gasteiger partial charge is 0.544 e. The summed E-state index contributed by atoms with van der Waals surface area (Å²) in [4.78, 5) is 13.2. The zero-order chi connectivity index (χ0) is 11.2. The van der Waals surface area contributed by atoms with Crippen molar-refractivity contribution >= 4 is 23.0 Å². The van der Waals surface area contributed by atoms with E-state index in [1.54, 1.807) is 6.07 Å². The van der Waals surface area contributed by atoms with Crippen LogP contribution >= 0.6 is 11.3 Å². The largest absolute Gasteiger partial charge is 1.00 e. The van der Waals surface area contributed by atoms with Crippen molar-refractivity contribution in [2.75, 3.05) is 31.2 Å². The van der Waals surface area contributed by atoms with E-state index in [-0.39, 0.29) is 18.9 Å². The van der Waals surface area contributed by atoms with Crippen LogP contribution in [-0.4, -0.2) is 32.3 Å². The van der Waals surface area contributed by atoms with Crippen LogP contribution in [0.1, 0.15) is 16.1 Å². The molecule has 0 N–H and O–H groups in total. The first kappa shape index (κ1) is 13.0. The number of thiophene rings is 1.